The van der Waals surface area contributed by atoms with Gasteiger partial charge in [0.1, 0.15) is 0 Å². The van der Waals surface area contributed by atoms with Gasteiger partial charge in [-0.15, -0.1) is 5.11 Å². The van der Waals surface area contributed by atoms with Crippen molar-refractivity contribution in [1.82, 2.24) is 0 Å². The zero-order valence-corrected chi connectivity index (χ0v) is 6.34. The molecule has 1 aromatic carbocycles. The average molecular weight is 159 g/mol. The minimum absolute atomic E-state index is 0.627. The molecule has 1 aromatic rings. The molecular formula is C9H7N2O. The van der Waals surface area contributed by atoms with Crippen LogP contribution in [0.1, 0.15) is 5.56 Å². The summed E-state index contributed by atoms with van der Waals surface area (Å²) in [5.41, 5.74) is -0.858. The van der Waals surface area contributed by atoms with Gasteiger partial charge in [0.2, 0.25) is 0 Å². The zero-order valence-electron chi connectivity index (χ0n) is 6.34. The van der Waals surface area contributed by atoms with Crippen LogP contribution in [0.15, 0.2) is 52.8 Å². The molecule has 1 heterocycles. The van der Waals surface area contributed by atoms with E-state index in [4.69, 9.17) is 0 Å². The third-order valence-corrected chi connectivity index (χ3v) is 1.76. The molecule has 1 aliphatic heterocycles. The van der Waals surface area contributed by atoms with Gasteiger partial charge in [-0.1, -0.05) is 30.3 Å². The third-order valence-electron chi connectivity index (χ3n) is 1.76. The van der Waals surface area contributed by atoms with E-state index in [1.807, 2.05) is 18.2 Å². The Morgan fingerprint density at radius 1 is 1.17 bits per heavy atom. The van der Waals surface area contributed by atoms with E-state index in [1.54, 1.807) is 12.1 Å². The van der Waals surface area contributed by atoms with Gasteiger partial charge in [-0.2, -0.15) is 10.2 Å². The van der Waals surface area contributed by atoms with E-state index in [9.17, 15) is 5.11 Å². The molecule has 0 aromatic heterocycles. The summed E-state index contributed by atoms with van der Waals surface area (Å²) in [6.07, 6.45) is 2.88. The molecule has 0 bridgehead atoms. The monoisotopic (exact) mass is 159 g/mol. The normalized spacial score (nSPS) is 26.4. The highest BCUT2D eigenvalue weighted by Gasteiger charge is 2.30. The molecule has 1 atom stereocenters. The largest absolute Gasteiger partial charge is 0.257 e. The summed E-state index contributed by atoms with van der Waals surface area (Å²) in [7, 11) is 0. The molecule has 1 unspecified atom stereocenters. The Morgan fingerprint density at radius 2 is 1.92 bits per heavy atom. The summed E-state index contributed by atoms with van der Waals surface area (Å²) in [6, 6.07) is 9.00. The van der Waals surface area contributed by atoms with Crippen LogP contribution in [-0.2, 0) is 10.8 Å². The molecule has 1 radical (unpaired) electrons. The van der Waals surface area contributed by atoms with Crippen molar-refractivity contribution in [1.29, 1.82) is 0 Å². The Kier molecular flexibility index (Phi) is 1.52. The van der Waals surface area contributed by atoms with Crippen molar-refractivity contribution in [2.45, 2.75) is 5.72 Å². The van der Waals surface area contributed by atoms with Gasteiger partial charge in [-0.25, -0.2) is 0 Å². The van der Waals surface area contributed by atoms with Crippen LogP contribution >= 0.6 is 0 Å². The first-order chi connectivity index (χ1) is 5.81. The van der Waals surface area contributed by atoms with Gasteiger partial charge in [0, 0.05) is 5.56 Å². The van der Waals surface area contributed by atoms with Gasteiger partial charge in [-0.3, -0.25) is 0 Å². The Bertz CT molecular complexity index is 318. The Balaban J connectivity index is 2.43. The van der Waals surface area contributed by atoms with Gasteiger partial charge >= 0.3 is 0 Å². The van der Waals surface area contributed by atoms with E-state index in [0.29, 0.717) is 5.56 Å². The summed E-state index contributed by atoms with van der Waals surface area (Å²) in [4.78, 5) is 0. The lowest BCUT2D eigenvalue weighted by Gasteiger charge is -2.11. The third kappa shape index (κ3) is 1.04. The number of rotatable bonds is 1. The Labute approximate surface area is 70.1 Å². The van der Waals surface area contributed by atoms with Gasteiger partial charge in [0.15, 0.2) is 0 Å². The van der Waals surface area contributed by atoms with Crippen molar-refractivity contribution < 1.29 is 5.11 Å². The standard InChI is InChI=1S/C9H7N2O/c12-9(6-7-10-11-9)8-4-2-1-3-5-8/h1-7H. The van der Waals surface area contributed by atoms with Crippen LogP contribution in [0, 0.1) is 0 Å². The molecule has 3 heteroatoms. The highest BCUT2D eigenvalue weighted by atomic mass is 16.3. The second-order valence-corrected chi connectivity index (χ2v) is 2.59. The maximum atomic E-state index is 11.8. The molecule has 0 fully saturated rings. The quantitative estimate of drug-likeness (QED) is 0.603. The Morgan fingerprint density at radius 3 is 2.50 bits per heavy atom. The van der Waals surface area contributed by atoms with E-state index >= 15 is 0 Å². The minimum Gasteiger partial charge on any atom is -0.191 e. The molecule has 0 N–H and O–H groups in total. The van der Waals surface area contributed by atoms with E-state index in [0.717, 1.165) is 0 Å². The molecule has 2 rings (SSSR count). The first kappa shape index (κ1) is 7.18. The molecule has 59 valence electrons. The summed E-state index contributed by atoms with van der Waals surface area (Å²) >= 11 is 0. The van der Waals surface area contributed by atoms with E-state index < -0.39 is 5.72 Å². The van der Waals surface area contributed by atoms with Crippen molar-refractivity contribution in [3.05, 3.63) is 48.2 Å². The first-order valence-electron chi connectivity index (χ1n) is 3.67. The van der Waals surface area contributed by atoms with Crippen molar-refractivity contribution in [3.8, 4) is 0 Å². The summed E-state index contributed by atoms with van der Waals surface area (Å²) in [6.45, 7) is 0. The Hall–Kier alpha value is -1.48. The van der Waals surface area contributed by atoms with Crippen LogP contribution in [0.4, 0.5) is 0 Å². The van der Waals surface area contributed by atoms with Gasteiger partial charge in [-0.05, 0) is 6.08 Å². The smallest absolute Gasteiger partial charge is 0.191 e. The van der Waals surface area contributed by atoms with Crippen LogP contribution in [0.2, 0.25) is 0 Å². The molecule has 3 nitrogen and oxygen atoms in total. The topological polar surface area (TPSA) is 44.6 Å². The number of nitrogens with zero attached hydrogens (tertiary/aromatic N) is 2. The molecule has 0 spiro atoms. The maximum absolute atomic E-state index is 11.8. The van der Waals surface area contributed by atoms with Crippen LogP contribution in [-0.4, -0.2) is 0 Å². The fourth-order valence-electron chi connectivity index (χ4n) is 1.12. The lowest BCUT2D eigenvalue weighted by Crippen LogP contribution is -2.14. The van der Waals surface area contributed by atoms with Gasteiger partial charge in [0.05, 0.1) is 6.20 Å². The fraction of sp³-hybridized carbons (Fsp3) is 0.111. The summed E-state index contributed by atoms with van der Waals surface area (Å²) < 4.78 is 0. The van der Waals surface area contributed by atoms with Crippen LogP contribution in [0.5, 0.6) is 0 Å². The average Bonchev–Trinajstić information content (AvgIpc) is 2.55. The molecule has 12 heavy (non-hydrogen) atoms. The number of hydrogen-bond donors (Lipinski definition) is 0. The molecule has 0 saturated heterocycles. The summed E-state index contributed by atoms with van der Waals surface area (Å²) in [5, 5.41) is 18.9. The van der Waals surface area contributed by atoms with Crippen LogP contribution < -0.4 is 0 Å². The van der Waals surface area contributed by atoms with Crippen molar-refractivity contribution >= 4 is 0 Å². The molecular weight excluding hydrogens is 152 g/mol. The first-order valence-corrected chi connectivity index (χ1v) is 3.67. The fourth-order valence-corrected chi connectivity index (χ4v) is 1.12. The van der Waals surface area contributed by atoms with Crippen LogP contribution in [0.25, 0.3) is 0 Å². The predicted molar refractivity (Wildman–Crippen MR) is 42.8 cm³/mol. The van der Waals surface area contributed by atoms with Crippen molar-refractivity contribution in [2.24, 2.45) is 10.2 Å². The second-order valence-electron chi connectivity index (χ2n) is 2.59. The van der Waals surface area contributed by atoms with Crippen molar-refractivity contribution in [3.63, 3.8) is 0 Å². The number of azo groups is 1. The van der Waals surface area contributed by atoms with Crippen LogP contribution in [0.3, 0.4) is 0 Å². The molecule has 0 aliphatic carbocycles. The van der Waals surface area contributed by atoms with E-state index in [2.05, 4.69) is 10.2 Å². The van der Waals surface area contributed by atoms with Gasteiger partial charge < -0.3 is 0 Å². The SMILES string of the molecule is [O]C1(c2ccccc2)C=CN=N1. The zero-order chi connectivity index (χ0) is 8.44. The number of hydrogen-bond acceptors (Lipinski definition) is 2. The number of benzene rings is 1. The summed E-state index contributed by atoms with van der Waals surface area (Å²) in [5.74, 6) is 0. The minimum atomic E-state index is -1.48. The second kappa shape index (κ2) is 2.53. The van der Waals surface area contributed by atoms with Gasteiger partial charge in [0.25, 0.3) is 5.72 Å². The predicted octanol–water partition coefficient (Wildman–Crippen LogP) is 2.25. The lowest BCUT2D eigenvalue weighted by molar-refractivity contribution is 0.0172. The lowest BCUT2D eigenvalue weighted by atomic mass is 10.0. The van der Waals surface area contributed by atoms with E-state index in [1.165, 1.54) is 12.3 Å². The van der Waals surface area contributed by atoms with E-state index in [-0.39, 0.29) is 0 Å². The highest BCUT2D eigenvalue weighted by molar-refractivity contribution is 5.27. The van der Waals surface area contributed by atoms with Crippen molar-refractivity contribution in [2.75, 3.05) is 0 Å². The highest BCUT2D eigenvalue weighted by Crippen LogP contribution is 2.28. The molecule has 0 saturated carbocycles. The maximum Gasteiger partial charge on any atom is 0.257 e. The molecule has 0 amide bonds. The molecule has 1 aliphatic rings.